The van der Waals surface area contributed by atoms with Crippen LogP contribution in [0.4, 0.5) is 0 Å². The van der Waals surface area contributed by atoms with Crippen LogP contribution in [0.5, 0.6) is 5.75 Å². The fourth-order valence-electron chi connectivity index (χ4n) is 2.68. The second-order valence-corrected chi connectivity index (χ2v) is 5.14. The van der Waals surface area contributed by atoms with Crippen LogP contribution in [0.3, 0.4) is 0 Å². The van der Waals surface area contributed by atoms with Gasteiger partial charge >= 0.3 is 0 Å². The third-order valence-electron chi connectivity index (χ3n) is 3.77. The SMILES string of the molecule is COc1ccc(C)cc1CC(CO)N1CCNCC1. The van der Waals surface area contributed by atoms with Crippen LogP contribution in [-0.2, 0) is 6.42 Å². The maximum atomic E-state index is 9.67. The quantitative estimate of drug-likeness (QED) is 0.826. The van der Waals surface area contributed by atoms with Crippen LogP contribution in [0.1, 0.15) is 11.1 Å². The number of aryl methyl sites for hydroxylation is 1. The van der Waals surface area contributed by atoms with Gasteiger partial charge in [0.25, 0.3) is 0 Å². The van der Waals surface area contributed by atoms with Gasteiger partial charge in [0.15, 0.2) is 0 Å². The summed E-state index contributed by atoms with van der Waals surface area (Å²) >= 11 is 0. The number of aliphatic hydroxyl groups is 1. The minimum Gasteiger partial charge on any atom is -0.496 e. The molecule has 1 aromatic carbocycles. The van der Waals surface area contributed by atoms with Crippen LogP contribution in [0, 0.1) is 6.92 Å². The van der Waals surface area contributed by atoms with Crippen LogP contribution in [0.15, 0.2) is 18.2 Å². The van der Waals surface area contributed by atoms with E-state index in [1.165, 1.54) is 11.1 Å². The number of nitrogens with one attached hydrogen (secondary N) is 1. The van der Waals surface area contributed by atoms with E-state index in [4.69, 9.17) is 4.74 Å². The molecule has 19 heavy (non-hydrogen) atoms. The Morgan fingerprint density at radius 3 is 2.74 bits per heavy atom. The Kier molecular flexibility index (Phi) is 5.19. The molecule has 0 radical (unpaired) electrons. The van der Waals surface area contributed by atoms with Crippen molar-refractivity contribution in [3.8, 4) is 5.75 Å². The molecule has 0 saturated carbocycles. The second kappa shape index (κ2) is 6.89. The van der Waals surface area contributed by atoms with E-state index in [0.717, 1.165) is 38.3 Å². The Bertz CT molecular complexity index is 403. The number of hydrogen-bond acceptors (Lipinski definition) is 4. The summed E-state index contributed by atoms with van der Waals surface area (Å²) in [5.74, 6) is 0.916. The summed E-state index contributed by atoms with van der Waals surface area (Å²) in [6.07, 6.45) is 0.835. The summed E-state index contributed by atoms with van der Waals surface area (Å²) < 4.78 is 5.42. The Labute approximate surface area is 115 Å². The third-order valence-corrected chi connectivity index (χ3v) is 3.77. The molecule has 1 saturated heterocycles. The van der Waals surface area contributed by atoms with Gasteiger partial charge in [-0.3, -0.25) is 4.90 Å². The molecule has 1 fully saturated rings. The first kappa shape index (κ1) is 14.3. The Hall–Kier alpha value is -1.10. The van der Waals surface area contributed by atoms with Gasteiger partial charge in [0.1, 0.15) is 5.75 Å². The lowest BCUT2D eigenvalue weighted by Gasteiger charge is -2.34. The first-order valence-corrected chi connectivity index (χ1v) is 6.93. The molecule has 2 N–H and O–H groups in total. The van der Waals surface area contributed by atoms with Crippen molar-refractivity contribution < 1.29 is 9.84 Å². The predicted octanol–water partition coefficient (Wildman–Crippen LogP) is 0.812. The van der Waals surface area contributed by atoms with Crippen molar-refractivity contribution in [2.45, 2.75) is 19.4 Å². The summed E-state index contributed by atoms with van der Waals surface area (Å²) in [5, 5.41) is 13.0. The second-order valence-electron chi connectivity index (χ2n) is 5.14. The lowest BCUT2D eigenvalue weighted by Crippen LogP contribution is -2.50. The molecule has 1 heterocycles. The van der Waals surface area contributed by atoms with Crippen LogP contribution < -0.4 is 10.1 Å². The normalized spacial score (nSPS) is 18.3. The first-order valence-electron chi connectivity index (χ1n) is 6.93. The van der Waals surface area contributed by atoms with Crippen molar-refractivity contribution in [1.82, 2.24) is 10.2 Å². The summed E-state index contributed by atoms with van der Waals surface area (Å²) in [6, 6.07) is 6.40. The van der Waals surface area contributed by atoms with E-state index in [9.17, 15) is 5.11 Å². The van der Waals surface area contributed by atoms with E-state index in [0.29, 0.717) is 0 Å². The van der Waals surface area contributed by atoms with E-state index >= 15 is 0 Å². The number of piperazine rings is 1. The smallest absolute Gasteiger partial charge is 0.122 e. The highest BCUT2D eigenvalue weighted by atomic mass is 16.5. The molecule has 1 aromatic rings. The van der Waals surface area contributed by atoms with Crippen molar-refractivity contribution in [1.29, 1.82) is 0 Å². The topological polar surface area (TPSA) is 44.7 Å². The number of ether oxygens (including phenoxy) is 1. The number of nitrogens with zero attached hydrogens (tertiary/aromatic N) is 1. The van der Waals surface area contributed by atoms with Crippen LogP contribution in [0.25, 0.3) is 0 Å². The molecule has 4 nitrogen and oxygen atoms in total. The lowest BCUT2D eigenvalue weighted by atomic mass is 10.0. The molecule has 1 aliphatic heterocycles. The number of methoxy groups -OCH3 is 1. The minimum atomic E-state index is 0.179. The average Bonchev–Trinajstić information content (AvgIpc) is 2.46. The third kappa shape index (κ3) is 3.69. The summed E-state index contributed by atoms with van der Waals surface area (Å²) in [6.45, 7) is 6.28. The molecule has 4 heteroatoms. The zero-order chi connectivity index (χ0) is 13.7. The van der Waals surface area contributed by atoms with Gasteiger partial charge in [0.05, 0.1) is 13.7 Å². The van der Waals surface area contributed by atoms with Gasteiger partial charge in [-0.05, 0) is 25.0 Å². The van der Waals surface area contributed by atoms with Crippen LogP contribution in [0.2, 0.25) is 0 Å². The van der Waals surface area contributed by atoms with Crippen molar-refractivity contribution in [2.24, 2.45) is 0 Å². The number of benzene rings is 1. The highest BCUT2D eigenvalue weighted by Gasteiger charge is 2.21. The van der Waals surface area contributed by atoms with Gasteiger partial charge in [-0.15, -0.1) is 0 Å². The van der Waals surface area contributed by atoms with Gasteiger partial charge < -0.3 is 15.2 Å². The largest absolute Gasteiger partial charge is 0.496 e. The van der Waals surface area contributed by atoms with E-state index < -0.39 is 0 Å². The molecule has 1 unspecified atom stereocenters. The average molecular weight is 264 g/mol. The van der Waals surface area contributed by atoms with Gasteiger partial charge in [-0.2, -0.15) is 0 Å². The highest BCUT2D eigenvalue weighted by molar-refractivity contribution is 5.37. The molecule has 1 aliphatic rings. The maximum absolute atomic E-state index is 9.67. The predicted molar refractivity (Wildman–Crippen MR) is 76.8 cm³/mol. The molecule has 1 atom stereocenters. The van der Waals surface area contributed by atoms with E-state index in [2.05, 4.69) is 29.3 Å². The molecule has 2 rings (SSSR count). The van der Waals surface area contributed by atoms with Gasteiger partial charge in [-0.1, -0.05) is 17.7 Å². The van der Waals surface area contributed by atoms with Crippen LogP contribution in [-0.4, -0.2) is 55.9 Å². The van der Waals surface area contributed by atoms with Crippen molar-refractivity contribution >= 4 is 0 Å². The minimum absolute atomic E-state index is 0.179. The van der Waals surface area contributed by atoms with Gasteiger partial charge in [0.2, 0.25) is 0 Å². The van der Waals surface area contributed by atoms with Gasteiger partial charge in [-0.25, -0.2) is 0 Å². The van der Waals surface area contributed by atoms with Crippen molar-refractivity contribution in [3.05, 3.63) is 29.3 Å². The van der Waals surface area contributed by atoms with E-state index in [-0.39, 0.29) is 12.6 Å². The number of rotatable bonds is 5. The maximum Gasteiger partial charge on any atom is 0.122 e. The van der Waals surface area contributed by atoms with Crippen molar-refractivity contribution in [2.75, 3.05) is 39.9 Å². The number of aliphatic hydroxyl groups excluding tert-OH is 1. The lowest BCUT2D eigenvalue weighted by molar-refractivity contribution is 0.110. The fourth-order valence-corrected chi connectivity index (χ4v) is 2.68. The first-order chi connectivity index (χ1) is 9.24. The molecule has 0 bridgehead atoms. The zero-order valence-corrected chi connectivity index (χ0v) is 11.9. The summed E-state index contributed by atoms with van der Waals surface area (Å²) in [4.78, 5) is 2.36. The number of hydrogen-bond donors (Lipinski definition) is 2. The molecular weight excluding hydrogens is 240 g/mol. The fraction of sp³-hybridized carbons (Fsp3) is 0.600. The van der Waals surface area contributed by atoms with E-state index in [1.54, 1.807) is 7.11 Å². The highest BCUT2D eigenvalue weighted by Crippen LogP contribution is 2.22. The Balaban J connectivity index is 2.10. The standard InChI is InChI=1S/C15H24N2O2/c1-12-3-4-15(19-2)13(9-12)10-14(11-18)17-7-5-16-6-8-17/h3-4,9,14,16,18H,5-8,10-11H2,1-2H3. The summed E-state index contributed by atoms with van der Waals surface area (Å²) in [7, 11) is 1.70. The molecule has 0 aromatic heterocycles. The Morgan fingerprint density at radius 1 is 1.37 bits per heavy atom. The molecule has 0 amide bonds. The molecule has 0 aliphatic carbocycles. The van der Waals surface area contributed by atoms with Crippen LogP contribution >= 0.6 is 0 Å². The Morgan fingerprint density at radius 2 is 2.11 bits per heavy atom. The molecule has 0 spiro atoms. The molecular formula is C15H24N2O2. The molecule has 106 valence electrons. The monoisotopic (exact) mass is 264 g/mol. The zero-order valence-electron chi connectivity index (χ0n) is 11.9. The van der Waals surface area contributed by atoms with Crippen molar-refractivity contribution in [3.63, 3.8) is 0 Å². The van der Waals surface area contributed by atoms with Gasteiger partial charge in [0, 0.05) is 32.2 Å². The summed E-state index contributed by atoms with van der Waals surface area (Å²) in [5.41, 5.74) is 2.41. The van der Waals surface area contributed by atoms with E-state index in [1.807, 2.05) is 6.07 Å².